The van der Waals surface area contributed by atoms with E-state index >= 15 is 28.8 Å². The van der Waals surface area contributed by atoms with Crippen molar-refractivity contribution in [1.82, 2.24) is 73.7 Å². The van der Waals surface area contributed by atoms with Gasteiger partial charge in [-0.15, -0.1) is 0 Å². The van der Waals surface area contributed by atoms with Gasteiger partial charge in [0.05, 0.1) is 19.8 Å². The number of hydrogen-bond acceptors (Lipinski definition) is 20. The highest BCUT2D eigenvalue weighted by molar-refractivity contribution is 6.30. The molecule has 1 saturated heterocycles. The van der Waals surface area contributed by atoms with Gasteiger partial charge in [-0.25, -0.2) is 0 Å². The molecule has 1 aliphatic rings. The van der Waals surface area contributed by atoms with Gasteiger partial charge in [-0.1, -0.05) is 124 Å². The molecule has 15 amide bonds. The Morgan fingerprint density at radius 3 is 1.30 bits per heavy atom. The number of rotatable bonds is 46. The average Bonchev–Trinajstić information content (AvgIpc) is 0.845. The number of aromatic nitrogens is 1. The third-order valence-corrected chi connectivity index (χ3v) is 20.2. The minimum absolute atomic E-state index is 0.00509. The number of nitrogens with zero attached hydrogens (tertiary/aromatic N) is 2. The van der Waals surface area contributed by atoms with E-state index in [-0.39, 0.29) is 74.0 Å². The van der Waals surface area contributed by atoms with Crippen LogP contribution >= 0.6 is 11.6 Å². The quantitative estimate of drug-likeness (QED) is 0.0229. The van der Waals surface area contributed by atoms with Crippen LogP contribution < -0.4 is 80.2 Å². The first-order valence-corrected chi connectivity index (χ1v) is 40.8. The van der Waals surface area contributed by atoms with Gasteiger partial charge < -0.3 is 100 Å². The fraction of sp³-hybridized carbons (Fsp3) is 0.442. The number of hydrogen-bond donors (Lipinski definition) is 18. The molecule has 122 heavy (non-hydrogen) atoms. The van der Waals surface area contributed by atoms with Crippen LogP contribution in [-0.4, -0.2) is 225 Å². The molecule has 7 rings (SSSR count). The summed E-state index contributed by atoms with van der Waals surface area (Å²) in [6.07, 6.45) is 3.14. The van der Waals surface area contributed by atoms with Gasteiger partial charge in [-0.2, -0.15) is 0 Å². The highest BCUT2D eigenvalue weighted by Gasteiger charge is 2.41. The first-order chi connectivity index (χ1) is 58.1. The van der Waals surface area contributed by atoms with E-state index < -0.39 is 194 Å². The molecule has 0 spiro atoms. The van der Waals surface area contributed by atoms with Crippen molar-refractivity contribution in [3.05, 3.63) is 173 Å². The lowest BCUT2D eigenvalue weighted by molar-refractivity contribution is -0.142. The molecular formula is C86H112ClN17O18. The summed E-state index contributed by atoms with van der Waals surface area (Å²) in [4.78, 5) is 215. The van der Waals surface area contributed by atoms with Gasteiger partial charge in [-0.3, -0.25) is 76.9 Å². The fourth-order valence-electron chi connectivity index (χ4n) is 13.6. The number of primary amides is 1. The maximum Gasteiger partial charge on any atom is 0.249 e. The Bertz CT molecular complexity index is 4620. The highest BCUT2D eigenvalue weighted by atomic mass is 35.5. The molecule has 5 aromatic carbocycles. The van der Waals surface area contributed by atoms with E-state index in [4.69, 9.17) is 17.3 Å². The number of aliphatic hydroxyl groups is 3. The van der Waals surface area contributed by atoms with E-state index in [2.05, 4.69) is 79.4 Å². The van der Waals surface area contributed by atoms with Crippen molar-refractivity contribution in [2.45, 2.75) is 205 Å². The van der Waals surface area contributed by atoms with E-state index in [0.717, 1.165) is 24.6 Å². The Balaban J connectivity index is 1.24. The Morgan fingerprint density at radius 1 is 0.443 bits per heavy atom. The van der Waals surface area contributed by atoms with Crippen molar-refractivity contribution in [3.8, 4) is 0 Å². The number of anilines is 2. The van der Waals surface area contributed by atoms with Gasteiger partial charge in [0, 0.05) is 94.3 Å². The maximum absolute atomic E-state index is 15.6. The second-order valence-corrected chi connectivity index (χ2v) is 31.3. The minimum Gasteiger partial charge on any atom is -0.394 e. The summed E-state index contributed by atoms with van der Waals surface area (Å²) in [5.74, 6) is -12.6. The van der Waals surface area contributed by atoms with E-state index in [1.54, 1.807) is 50.2 Å². The molecule has 0 aliphatic carbocycles. The molecule has 0 saturated carbocycles. The number of carbonyl (C=O) groups excluding carboxylic acids is 15. The number of nitrogens with one attached hydrogen (secondary N) is 14. The lowest BCUT2D eigenvalue weighted by Crippen LogP contribution is -2.62. The van der Waals surface area contributed by atoms with Gasteiger partial charge in [0.25, 0.3) is 0 Å². The maximum atomic E-state index is 15.6. The molecule has 19 N–H and O–H groups in total. The second kappa shape index (κ2) is 48.2. The zero-order chi connectivity index (χ0) is 89.3. The van der Waals surface area contributed by atoms with Crippen LogP contribution in [0.2, 0.25) is 5.02 Å². The van der Waals surface area contributed by atoms with Crippen LogP contribution in [-0.2, 0) is 104 Å². The van der Waals surface area contributed by atoms with Gasteiger partial charge in [0.15, 0.2) is 0 Å². The lowest BCUT2D eigenvalue weighted by atomic mass is 9.99. The number of nitrogens with two attached hydrogens (primary N) is 1. The third kappa shape index (κ3) is 31.4. The highest BCUT2D eigenvalue weighted by Crippen LogP contribution is 2.24. The zero-order valence-corrected chi connectivity index (χ0v) is 70.2. The number of carbonyl (C=O) groups is 15. The van der Waals surface area contributed by atoms with Crippen LogP contribution in [0.4, 0.5) is 11.4 Å². The molecule has 1 fully saturated rings. The Hall–Kier alpha value is -12.3. The van der Waals surface area contributed by atoms with Crippen LogP contribution in [0.3, 0.4) is 0 Å². The molecule has 0 unspecified atom stereocenters. The van der Waals surface area contributed by atoms with Crippen molar-refractivity contribution in [1.29, 1.82) is 0 Å². The van der Waals surface area contributed by atoms with Crippen molar-refractivity contribution < 1.29 is 87.2 Å². The van der Waals surface area contributed by atoms with Crippen molar-refractivity contribution in [3.63, 3.8) is 0 Å². The van der Waals surface area contributed by atoms with E-state index in [9.17, 15) is 58.5 Å². The van der Waals surface area contributed by atoms with Crippen molar-refractivity contribution >= 4 is 122 Å². The van der Waals surface area contributed by atoms with Crippen LogP contribution in [0.5, 0.6) is 0 Å². The number of amides is 15. The summed E-state index contributed by atoms with van der Waals surface area (Å²) < 4.78 is 0. The van der Waals surface area contributed by atoms with E-state index in [1.165, 1.54) is 79.7 Å². The predicted molar refractivity (Wildman–Crippen MR) is 454 cm³/mol. The van der Waals surface area contributed by atoms with Crippen LogP contribution in [0.15, 0.2) is 140 Å². The molecule has 36 heteroatoms. The van der Waals surface area contributed by atoms with Crippen LogP contribution in [0, 0.1) is 5.92 Å². The van der Waals surface area contributed by atoms with Crippen LogP contribution in [0.25, 0.3) is 10.8 Å². The summed E-state index contributed by atoms with van der Waals surface area (Å²) in [5.41, 5.74) is 7.93. The summed E-state index contributed by atoms with van der Waals surface area (Å²) in [5, 5.41) is 70.6. The molecular weight excluding hydrogens is 1590 g/mol. The molecule has 2 heterocycles. The van der Waals surface area contributed by atoms with Gasteiger partial charge in [0.2, 0.25) is 88.6 Å². The number of fused-ring (bicyclic) bond motifs is 1. The lowest BCUT2D eigenvalue weighted by Gasteiger charge is -2.31. The Kier molecular flexibility index (Phi) is 38.3. The number of pyridine rings is 1. The van der Waals surface area contributed by atoms with Crippen molar-refractivity contribution in [2.24, 2.45) is 11.7 Å². The topological polar surface area (TPSA) is 527 Å². The summed E-state index contributed by atoms with van der Waals surface area (Å²) >= 11 is 6.27. The first kappa shape index (κ1) is 96.8. The smallest absolute Gasteiger partial charge is 0.249 e. The molecule has 1 aromatic heterocycles. The van der Waals surface area contributed by atoms with E-state index in [1.807, 2.05) is 56.3 Å². The van der Waals surface area contributed by atoms with Gasteiger partial charge >= 0.3 is 0 Å². The Labute approximate surface area is 712 Å². The number of unbranched alkanes of at least 4 members (excludes halogenated alkanes) is 1. The summed E-state index contributed by atoms with van der Waals surface area (Å²) in [6, 6.07) is 17.0. The zero-order valence-electron chi connectivity index (χ0n) is 69.5. The average molecular weight is 1710 g/mol. The van der Waals surface area contributed by atoms with E-state index in [0.29, 0.717) is 53.1 Å². The molecule has 1 aliphatic heterocycles. The molecule has 6 aromatic rings. The van der Waals surface area contributed by atoms with Crippen LogP contribution in [0.1, 0.15) is 122 Å². The minimum atomic E-state index is -1.95. The molecule has 656 valence electrons. The molecule has 0 radical (unpaired) electrons. The number of likely N-dealkylation sites (tertiary alicyclic amines) is 1. The number of aliphatic hydroxyl groups excluding tert-OH is 3. The van der Waals surface area contributed by atoms with Crippen molar-refractivity contribution in [2.75, 3.05) is 43.5 Å². The van der Waals surface area contributed by atoms with Gasteiger partial charge in [-0.05, 0) is 139 Å². The fourth-order valence-corrected chi connectivity index (χ4v) is 13.7. The standard InChI is InChI=1S/C86H112ClN17O18/c1-48(2)37-65(76(112)97-64(18-11-12-35-90-49(3)4)86(122)104-36-14-19-74(104)85(121)91-50(5)75(88)111)98-78(114)68(40-55-23-30-62(31-24-55)95-82(118)71(45-105)93-52(7)109)100-80(116)69(41-56-25-32-63(33-26-56)96-83(119)72(46-106)94-53(8)110)102-84(120)73(47-107)103-81(117)70(43-58-15-13-34-89-44-58)101-79(115)67(39-54-21-28-61(87)29-22-54)99-77(113)66(92-51(6)108)42-57-20-27-59-16-9-10-17-60(59)38-57/h9-10,13,15-17,20-34,38,44,48-50,64-74,90,105-107H,11-12,14,18-19,35-37,39-43,45-47H2,1-8H3,(H2,88,111)(H,91,121)(H,92,108)(H,93,109)(H,94,110)(H,95,118)(H,96,119)(H,97,112)(H,98,114)(H,99,113)(H,100,116)(H,101,115)(H,102,120)(H,103,117)/t50-,64+,65+,66-,67-,68-,69+,70-,71+,72+,73+,74+/m1/s1. The summed E-state index contributed by atoms with van der Waals surface area (Å²) in [6.45, 7) is 10.4. The second-order valence-electron chi connectivity index (χ2n) is 30.9. The third-order valence-electron chi connectivity index (χ3n) is 19.9. The normalized spacial score (nSPS) is 15.1. The number of benzene rings is 5. The number of halogens is 1. The monoisotopic (exact) mass is 1710 g/mol. The Morgan fingerprint density at radius 2 is 0.844 bits per heavy atom. The van der Waals surface area contributed by atoms with Gasteiger partial charge in [0.1, 0.15) is 72.5 Å². The first-order valence-electron chi connectivity index (χ1n) is 40.4. The predicted octanol–water partition coefficient (Wildman–Crippen LogP) is 0.358. The molecule has 0 bridgehead atoms. The SMILES string of the molecule is CC(=O)N[C@@H](CO)C(=O)Nc1ccc(C[C@H](NC(=O)[C@H](CO)NC(=O)[C@@H](Cc2cccnc2)NC(=O)[C@@H](Cc2ccc(Cl)cc2)NC(=O)[C@@H](Cc2ccc3ccccc3c2)NC(C)=O)C(=O)N[C@H](Cc2ccc(NC(=O)[C@H](CO)NC(C)=O)cc2)C(=O)N[C@@H](CC(C)C)C(=O)N[C@@H](CCCCNC(C)C)C(=O)N2CCC[C@H]2C(=O)N[C@H](C)C(N)=O)cc1. The summed E-state index contributed by atoms with van der Waals surface area (Å²) in [7, 11) is 0. The largest absolute Gasteiger partial charge is 0.394 e. The molecule has 35 nitrogen and oxygen atoms in total. The molecule has 12 atom stereocenters.